The number of rotatable bonds is 14. The molecule has 0 bridgehead atoms. The summed E-state index contributed by atoms with van der Waals surface area (Å²) < 4.78 is 15.9. The summed E-state index contributed by atoms with van der Waals surface area (Å²) in [6, 6.07) is 0. The van der Waals surface area contributed by atoms with Crippen LogP contribution in [-0.4, -0.2) is 55.0 Å². The third kappa shape index (κ3) is 11.6. The summed E-state index contributed by atoms with van der Waals surface area (Å²) in [4.78, 5) is 35.0. The van der Waals surface area contributed by atoms with Crippen molar-refractivity contribution >= 4 is 55.8 Å². The molecule has 0 aliphatic rings. The molecule has 0 aliphatic carbocycles. The van der Waals surface area contributed by atoms with Gasteiger partial charge in [-0.05, 0) is 6.42 Å². The number of hydrogen-bond acceptors (Lipinski definition) is 9. The van der Waals surface area contributed by atoms with E-state index in [2.05, 4.69) is 37.9 Å². The zero-order chi connectivity index (χ0) is 19.1. The van der Waals surface area contributed by atoms with E-state index in [1.807, 2.05) is 6.92 Å². The summed E-state index contributed by atoms with van der Waals surface area (Å²) in [6.45, 7) is 1.98. The molecule has 6 nitrogen and oxygen atoms in total. The monoisotopic (exact) mass is 412 g/mol. The highest BCUT2D eigenvalue weighted by molar-refractivity contribution is 7.80. The van der Waals surface area contributed by atoms with E-state index >= 15 is 0 Å². The molecule has 0 rings (SSSR count). The van der Waals surface area contributed by atoms with Crippen molar-refractivity contribution in [3.05, 3.63) is 0 Å². The molecule has 0 unspecified atom stereocenters. The minimum Gasteiger partial charge on any atom is -0.465 e. The topological polar surface area (TPSA) is 78.9 Å². The highest BCUT2D eigenvalue weighted by Crippen LogP contribution is 2.27. The first-order valence-corrected chi connectivity index (χ1v) is 10.1. The zero-order valence-electron chi connectivity index (χ0n) is 14.6. The largest absolute Gasteiger partial charge is 0.465 e. The number of carbonyl (C=O) groups is 3. The van der Waals surface area contributed by atoms with Crippen LogP contribution in [0.3, 0.4) is 0 Å². The van der Waals surface area contributed by atoms with Gasteiger partial charge in [-0.3, -0.25) is 14.4 Å². The summed E-state index contributed by atoms with van der Waals surface area (Å²) in [7, 11) is 0. The molecule has 0 spiro atoms. The first-order valence-electron chi connectivity index (χ1n) is 8.22. The Labute approximate surface area is 166 Å². The number of carbonyl (C=O) groups excluding carboxylic acids is 3. The van der Waals surface area contributed by atoms with Crippen LogP contribution in [0.15, 0.2) is 0 Å². The summed E-state index contributed by atoms with van der Waals surface area (Å²) >= 11 is 12.0. The van der Waals surface area contributed by atoms with Gasteiger partial charge in [0.05, 0.1) is 24.7 Å². The van der Waals surface area contributed by atoms with E-state index in [1.54, 1.807) is 0 Å². The van der Waals surface area contributed by atoms with Crippen LogP contribution in [-0.2, 0) is 28.6 Å². The van der Waals surface area contributed by atoms with Gasteiger partial charge in [0.25, 0.3) is 0 Å². The van der Waals surface area contributed by atoms with Crippen LogP contribution < -0.4 is 0 Å². The lowest BCUT2D eigenvalue weighted by Gasteiger charge is -2.32. The van der Waals surface area contributed by atoms with E-state index in [-0.39, 0.29) is 57.0 Å². The third-order valence-electron chi connectivity index (χ3n) is 3.35. The maximum Gasteiger partial charge on any atom is 0.306 e. The van der Waals surface area contributed by atoms with E-state index in [4.69, 9.17) is 14.2 Å². The average Bonchev–Trinajstić information content (AvgIpc) is 2.57. The molecule has 0 heterocycles. The molecular formula is C16H28O6S3. The average molecular weight is 413 g/mol. The second-order valence-electron chi connectivity index (χ2n) is 5.65. The van der Waals surface area contributed by atoms with E-state index < -0.39 is 5.41 Å². The van der Waals surface area contributed by atoms with Crippen molar-refractivity contribution in [1.29, 1.82) is 0 Å². The zero-order valence-corrected chi connectivity index (χ0v) is 17.3. The van der Waals surface area contributed by atoms with Crippen LogP contribution in [0.2, 0.25) is 0 Å². The number of ether oxygens (including phenoxy) is 3. The summed E-state index contributed by atoms with van der Waals surface area (Å²) in [5.41, 5.74) is -0.764. The van der Waals surface area contributed by atoms with Crippen LogP contribution in [0.5, 0.6) is 0 Å². The van der Waals surface area contributed by atoms with E-state index in [1.165, 1.54) is 0 Å². The van der Waals surface area contributed by atoms with Crippen molar-refractivity contribution in [3.63, 3.8) is 0 Å². The van der Waals surface area contributed by atoms with Gasteiger partial charge < -0.3 is 14.2 Å². The van der Waals surface area contributed by atoms with Crippen LogP contribution in [0.4, 0.5) is 0 Å². The maximum absolute atomic E-state index is 11.7. The first kappa shape index (κ1) is 24.5. The molecule has 0 atom stereocenters. The molecule has 9 heteroatoms. The van der Waals surface area contributed by atoms with Gasteiger partial charge in [0, 0.05) is 17.3 Å². The molecule has 0 aromatic rings. The molecule has 0 saturated heterocycles. The van der Waals surface area contributed by atoms with Gasteiger partial charge in [0.15, 0.2) is 0 Å². The highest BCUT2D eigenvalue weighted by Gasteiger charge is 2.35. The molecule has 0 amide bonds. The molecule has 0 saturated carbocycles. The Morgan fingerprint density at radius 3 is 1.28 bits per heavy atom. The van der Waals surface area contributed by atoms with Crippen LogP contribution >= 0.6 is 37.9 Å². The molecule has 0 N–H and O–H groups in total. The molecule has 0 aromatic carbocycles. The Bertz CT molecular complexity index is 362. The Morgan fingerprint density at radius 1 is 0.720 bits per heavy atom. The predicted octanol–water partition coefficient (Wildman–Crippen LogP) is 2.36. The van der Waals surface area contributed by atoms with Crippen molar-refractivity contribution in [2.45, 2.75) is 39.0 Å². The second-order valence-corrected chi connectivity index (χ2v) is 6.99. The quantitative estimate of drug-likeness (QED) is 0.231. The van der Waals surface area contributed by atoms with Crippen molar-refractivity contribution in [2.75, 3.05) is 37.1 Å². The lowest BCUT2D eigenvalue weighted by atomic mass is 9.86. The normalized spacial score (nSPS) is 11.0. The smallest absolute Gasteiger partial charge is 0.306 e. The second kappa shape index (κ2) is 14.6. The molecule has 0 aromatic heterocycles. The Hall–Kier alpha value is -0.540. The first-order chi connectivity index (χ1) is 11.9. The minimum atomic E-state index is -0.764. The molecular weight excluding hydrogens is 384 g/mol. The fraction of sp³-hybridized carbons (Fsp3) is 0.812. The van der Waals surface area contributed by atoms with Crippen molar-refractivity contribution < 1.29 is 28.6 Å². The van der Waals surface area contributed by atoms with E-state index in [0.717, 1.165) is 6.42 Å². The Kier molecular flexibility index (Phi) is 14.3. The maximum atomic E-state index is 11.7. The number of hydrogen-bond donors (Lipinski definition) is 3. The third-order valence-corrected chi connectivity index (χ3v) is 4.02. The SMILES string of the molecule is CCCC(COC(=O)CCS)(COC(=O)CCS)COC(=O)CCS. The van der Waals surface area contributed by atoms with Crippen LogP contribution in [0.1, 0.15) is 39.0 Å². The van der Waals surface area contributed by atoms with Gasteiger partial charge in [-0.1, -0.05) is 13.3 Å². The van der Waals surface area contributed by atoms with Crippen molar-refractivity contribution in [1.82, 2.24) is 0 Å². The number of esters is 3. The van der Waals surface area contributed by atoms with Crippen LogP contribution in [0, 0.1) is 5.41 Å². The Morgan fingerprint density at radius 2 is 1.04 bits per heavy atom. The van der Waals surface area contributed by atoms with E-state index in [0.29, 0.717) is 23.7 Å². The molecule has 25 heavy (non-hydrogen) atoms. The van der Waals surface area contributed by atoms with Gasteiger partial charge in [-0.2, -0.15) is 37.9 Å². The molecule has 0 aliphatic heterocycles. The standard InChI is InChI=1S/C16H28O6S3/c1-2-6-16(10-20-13(17)3-7-23,11-21-14(18)4-8-24)12-22-15(19)5-9-25/h23-25H,2-12H2,1H3. The van der Waals surface area contributed by atoms with Crippen LogP contribution in [0.25, 0.3) is 0 Å². The molecule has 0 radical (unpaired) electrons. The molecule has 0 fully saturated rings. The lowest BCUT2D eigenvalue weighted by Crippen LogP contribution is -2.39. The number of thiol groups is 3. The van der Waals surface area contributed by atoms with Gasteiger partial charge in [-0.25, -0.2) is 0 Å². The highest BCUT2D eigenvalue weighted by atomic mass is 32.1. The lowest BCUT2D eigenvalue weighted by molar-refractivity contribution is -0.162. The summed E-state index contributed by atoms with van der Waals surface area (Å²) in [6.07, 6.45) is 1.88. The van der Waals surface area contributed by atoms with Gasteiger partial charge in [0.1, 0.15) is 19.8 Å². The van der Waals surface area contributed by atoms with Gasteiger partial charge in [0.2, 0.25) is 0 Å². The fourth-order valence-corrected chi connectivity index (χ4v) is 2.61. The van der Waals surface area contributed by atoms with Crippen molar-refractivity contribution in [2.24, 2.45) is 5.41 Å². The predicted molar refractivity (Wildman–Crippen MR) is 106 cm³/mol. The molecule has 146 valence electrons. The van der Waals surface area contributed by atoms with Crippen molar-refractivity contribution in [3.8, 4) is 0 Å². The van der Waals surface area contributed by atoms with Gasteiger partial charge in [-0.15, -0.1) is 0 Å². The fourth-order valence-electron chi connectivity index (χ4n) is 2.06. The minimum absolute atomic E-state index is 0.00968. The van der Waals surface area contributed by atoms with Gasteiger partial charge >= 0.3 is 17.9 Å². The Balaban J connectivity index is 4.98. The summed E-state index contributed by atoms with van der Waals surface area (Å²) in [5.74, 6) is -0.0226. The van der Waals surface area contributed by atoms with E-state index in [9.17, 15) is 14.4 Å². The summed E-state index contributed by atoms with van der Waals surface area (Å²) in [5, 5.41) is 0.